The molecule has 1 aromatic heterocycles. The molecule has 0 aliphatic carbocycles. The van der Waals surface area contributed by atoms with E-state index >= 15 is 0 Å². The number of ether oxygens (including phenoxy) is 1. The monoisotopic (exact) mass is 343 g/mol. The molecule has 0 radical (unpaired) electrons. The predicted octanol–water partition coefficient (Wildman–Crippen LogP) is 2.98. The number of aromatic nitrogens is 2. The first-order valence-electron chi connectivity index (χ1n) is 8.83. The van der Waals surface area contributed by atoms with Gasteiger partial charge in [-0.05, 0) is 49.6 Å². The Labute approximate surface area is 150 Å². The molecule has 0 aliphatic heterocycles. The summed E-state index contributed by atoms with van der Waals surface area (Å²) in [6.07, 6.45) is 3.07. The van der Waals surface area contributed by atoms with Crippen molar-refractivity contribution in [1.82, 2.24) is 20.4 Å². The van der Waals surface area contributed by atoms with Crippen LogP contribution in [-0.4, -0.2) is 35.9 Å². The summed E-state index contributed by atoms with van der Waals surface area (Å²) in [7, 11) is 1.66. The third-order valence-corrected chi connectivity index (χ3v) is 3.74. The van der Waals surface area contributed by atoms with Gasteiger partial charge in [-0.3, -0.25) is 0 Å². The maximum atomic E-state index is 5.18. The standard InChI is InChI=1S/C19H29N5O/c1-5-20-19(21-12-10-15(2)3)22-14-16-11-13-24(23-16)17-6-8-18(25-4)9-7-17/h6-9,11,13,15H,5,10,12,14H2,1-4H3,(H2,20,21,22). The summed E-state index contributed by atoms with van der Waals surface area (Å²) in [4.78, 5) is 4.61. The van der Waals surface area contributed by atoms with E-state index in [9.17, 15) is 0 Å². The van der Waals surface area contributed by atoms with Crippen LogP contribution in [0.2, 0.25) is 0 Å². The topological polar surface area (TPSA) is 63.5 Å². The lowest BCUT2D eigenvalue weighted by atomic mass is 10.1. The maximum Gasteiger partial charge on any atom is 0.191 e. The van der Waals surface area contributed by atoms with Gasteiger partial charge in [-0.2, -0.15) is 5.10 Å². The molecule has 0 saturated carbocycles. The van der Waals surface area contributed by atoms with E-state index in [1.165, 1.54) is 0 Å². The Bertz CT molecular complexity index is 661. The van der Waals surface area contributed by atoms with Gasteiger partial charge in [0.1, 0.15) is 5.75 Å². The number of nitrogens with one attached hydrogen (secondary N) is 2. The molecule has 0 unspecified atom stereocenters. The quantitative estimate of drug-likeness (QED) is 0.571. The lowest BCUT2D eigenvalue weighted by molar-refractivity contribution is 0.414. The fourth-order valence-corrected chi connectivity index (χ4v) is 2.31. The van der Waals surface area contributed by atoms with Crippen LogP contribution < -0.4 is 15.4 Å². The zero-order valence-corrected chi connectivity index (χ0v) is 15.6. The first-order valence-corrected chi connectivity index (χ1v) is 8.83. The van der Waals surface area contributed by atoms with Crippen LogP contribution in [0.15, 0.2) is 41.5 Å². The minimum absolute atomic E-state index is 0.542. The average molecular weight is 343 g/mol. The second kappa shape index (κ2) is 9.71. The molecule has 0 fully saturated rings. The van der Waals surface area contributed by atoms with Gasteiger partial charge in [0.15, 0.2) is 5.96 Å². The van der Waals surface area contributed by atoms with Crippen LogP contribution in [0.3, 0.4) is 0 Å². The van der Waals surface area contributed by atoms with E-state index in [1.807, 2.05) is 41.2 Å². The van der Waals surface area contributed by atoms with Crippen LogP contribution in [-0.2, 0) is 6.54 Å². The summed E-state index contributed by atoms with van der Waals surface area (Å²) < 4.78 is 7.03. The molecule has 0 atom stereocenters. The fraction of sp³-hybridized carbons (Fsp3) is 0.474. The highest BCUT2D eigenvalue weighted by Gasteiger charge is 2.03. The van der Waals surface area contributed by atoms with Gasteiger partial charge < -0.3 is 15.4 Å². The van der Waals surface area contributed by atoms with Crippen LogP contribution in [0.4, 0.5) is 0 Å². The number of hydrogen-bond donors (Lipinski definition) is 2. The molecule has 1 aromatic carbocycles. The highest BCUT2D eigenvalue weighted by molar-refractivity contribution is 5.79. The smallest absolute Gasteiger partial charge is 0.191 e. The Morgan fingerprint density at radius 3 is 2.60 bits per heavy atom. The van der Waals surface area contributed by atoms with Crippen molar-refractivity contribution in [3.63, 3.8) is 0 Å². The Balaban J connectivity index is 1.97. The largest absolute Gasteiger partial charge is 0.497 e. The number of guanidine groups is 1. The number of nitrogens with zero attached hydrogens (tertiary/aromatic N) is 3. The van der Waals surface area contributed by atoms with Crippen molar-refractivity contribution >= 4 is 5.96 Å². The molecule has 136 valence electrons. The summed E-state index contributed by atoms with van der Waals surface area (Å²) >= 11 is 0. The van der Waals surface area contributed by atoms with E-state index < -0.39 is 0 Å². The van der Waals surface area contributed by atoms with E-state index in [2.05, 4.69) is 41.5 Å². The molecular formula is C19H29N5O. The van der Waals surface area contributed by atoms with Crippen LogP contribution in [0.25, 0.3) is 5.69 Å². The number of methoxy groups -OCH3 is 1. The van der Waals surface area contributed by atoms with E-state index in [0.717, 1.165) is 42.6 Å². The normalized spacial score (nSPS) is 11.6. The summed E-state index contributed by atoms with van der Waals surface area (Å²) in [5.74, 6) is 2.35. The summed E-state index contributed by atoms with van der Waals surface area (Å²) in [6, 6.07) is 9.81. The zero-order valence-electron chi connectivity index (χ0n) is 15.6. The van der Waals surface area contributed by atoms with E-state index in [4.69, 9.17) is 4.74 Å². The van der Waals surface area contributed by atoms with Gasteiger partial charge in [-0.15, -0.1) is 0 Å². The molecule has 2 aromatic rings. The van der Waals surface area contributed by atoms with Crippen molar-refractivity contribution in [3.8, 4) is 11.4 Å². The van der Waals surface area contributed by atoms with Gasteiger partial charge in [0.2, 0.25) is 0 Å². The van der Waals surface area contributed by atoms with Gasteiger partial charge >= 0.3 is 0 Å². The molecule has 25 heavy (non-hydrogen) atoms. The van der Waals surface area contributed by atoms with Gasteiger partial charge in [0.05, 0.1) is 25.0 Å². The van der Waals surface area contributed by atoms with E-state index in [-0.39, 0.29) is 0 Å². The maximum absolute atomic E-state index is 5.18. The van der Waals surface area contributed by atoms with Gasteiger partial charge in [0.25, 0.3) is 0 Å². The molecule has 2 rings (SSSR count). The van der Waals surface area contributed by atoms with Crippen LogP contribution >= 0.6 is 0 Å². The predicted molar refractivity (Wildman–Crippen MR) is 102 cm³/mol. The number of benzene rings is 1. The van der Waals surface area contributed by atoms with Crippen molar-refractivity contribution in [1.29, 1.82) is 0 Å². The van der Waals surface area contributed by atoms with Crippen molar-refractivity contribution in [2.45, 2.75) is 33.7 Å². The summed E-state index contributed by atoms with van der Waals surface area (Å²) in [5, 5.41) is 11.2. The molecular weight excluding hydrogens is 314 g/mol. The first-order chi connectivity index (χ1) is 12.1. The van der Waals surface area contributed by atoms with Crippen molar-refractivity contribution in [3.05, 3.63) is 42.2 Å². The Kier molecular flexibility index (Phi) is 7.32. The summed E-state index contributed by atoms with van der Waals surface area (Å²) in [5.41, 5.74) is 1.93. The third-order valence-electron chi connectivity index (χ3n) is 3.74. The van der Waals surface area contributed by atoms with Gasteiger partial charge in [0, 0.05) is 19.3 Å². The molecule has 2 N–H and O–H groups in total. The molecule has 0 bridgehead atoms. The highest BCUT2D eigenvalue weighted by Crippen LogP contribution is 2.14. The Morgan fingerprint density at radius 2 is 1.96 bits per heavy atom. The molecule has 0 spiro atoms. The minimum atomic E-state index is 0.542. The lowest BCUT2D eigenvalue weighted by Gasteiger charge is -2.12. The lowest BCUT2D eigenvalue weighted by Crippen LogP contribution is -2.38. The summed E-state index contributed by atoms with van der Waals surface area (Å²) in [6.45, 7) is 8.81. The zero-order chi connectivity index (χ0) is 18.1. The van der Waals surface area contributed by atoms with E-state index in [1.54, 1.807) is 7.11 Å². The van der Waals surface area contributed by atoms with Crippen LogP contribution in [0.5, 0.6) is 5.75 Å². The second-order valence-corrected chi connectivity index (χ2v) is 6.25. The Hall–Kier alpha value is -2.50. The molecule has 0 amide bonds. The van der Waals surface area contributed by atoms with Gasteiger partial charge in [-0.25, -0.2) is 9.67 Å². The minimum Gasteiger partial charge on any atom is -0.497 e. The van der Waals surface area contributed by atoms with E-state index in [0.29, 0.717) is 12.5 Å². The molecule has 0 saturated heterocycles. The van der Waals surface area contributed by atoms with Crippen molar-refractivity contribution < 1.29 is 4.74 Å². The SMILES string of the molecule is CCNC(=NCc1ccn(-c2ccc(OC)cc2)n1)NCCC(C)C. The van der Waals surface area contributed by atoms with Crippen LogP contribution in [0, 0.1) is 5.92 Å². The van der Waals surface area contributed by atoms with Crippen LogP contribution in [0.1, 0.15) is 32.9 Å². The van der Waals surface area contributed by atoms with Crippen molar-refractivity contribution in [2.75, 3.05) is 20.2 Å². The second-order valence-electron chi connectivity index (χ2n) is 6.25. The van der Waals surface area contributed by atoms with Gasteiger partial charge in [-0.1, -0.05) is 13.8 Å². The molecule has 1 heterocycles. The average Bonchev–Trinajstić information content (AvgIpc) is 3.08. The number of aliphatic imine (C=N–C) groups is 1. The molecule has 0 aliphatic rings. The highest BCUT2D eigenvalue weighted by atomic mass is 16.5. The fourth-order valence-electron chi connectivity index (χ4n) is 2.31. The number of hydrogen-bond acceptors (Lipinski definition) is 3. The number of rotatable bonds is 8. The first kappa shape index (κ1) is 18.8. The van der Waals surface area contributed by atoms with Crippen molar-refractivity contribution in [2.24, 2.45) is 10.9 Å². The third kappa shape index (κ3) is 6.14. The Morgan fingerprint density at radius 1 is 1.20 bits per heavy atom. The molecule has 6 nitrogen and oxygen atoms in total. The molecule has 6 heteroatoms.